The van der Waals surface area contributed by atoms with Gasteiger partial charge in [0, 0.05) is 11.4 Å². The number of amides is 1. The van der Waals surface area contributed by atoms with Gasteiger partial charge in [0.2, 0.25) is 0 Å². The van der Waals surface area contributed by atoms with Crippen LogP contribution in [0.4, 0.5) is 5.69 Å². The molecule has 0 saturated carbocycles. The molecule has 1 heterocycles. The fourth-order valence-corrected chi connectivity index (χ4v) is 2.62. The van der Waals surface area contributed by atoms with Crippen molar-refractivity contribution in [3.05, 3.63) is 59.3 Å². The molecule has 0 spiro atoms. The van der Waals surface area contributed by atoms with E-state index in [0.29, 0.717) is 22.6 Å². The average Bonchev–Trinajstić information content (AvgIpc) is 2.91. The summed E-state index contributed by atoms with van der Waals surface area (Å²) in [6, 6.07) is 14.4. The Morgan fingerprint density at radius 1 is 1.22 bits per heavy atom. The first-order valence-corrected chi connectivity index (χ1v) is 7.11. The van der Waals surface area contributed by atoms with E-state index in [2.05, 4.69) is 10.3 Å². The number of hydrogen-bond donors (Lipinski definition) is 2. The van der Waals surface area contributed by atoms with Crippen molar-refractivity contribution in [2.24, 2.45) is 0 Å². The number of nitrogens with one attached hydrogen (secondary N) is 2. The number of nitriles is 1. The van der Waals surface area contributed by atoms with Crippen molar-refractivity contribution in [1.82, 2.24) is 4.98 Å². The minimum Gasteiger partial charge on any atom is -0.496 e. The summed E-state index contributed by atoms with van der Waals surface area (Å²) < 4.78 is 5.38. The van der Waals surface area contributed by atoms with Gasteiger partial charge in [0.15, 0.2) is 0 Å². The maximum atomic E-state index is 12.7. The lowest BCUT2D eigenvalue weighted by Gasteiger charge is -2.07. The minimum atomic E-state index is -0.219. The van der Waals surface area contributed by atoms with Gasteiger partial charge in [-0.05, 0) is 43.3 Å². The molecular weight excluding hydrogens is 290 g/mol. The summed E-state index contributed by atoms with van der Waals surface area (Å²) in [6.07, 6.45) is 0. The Morgan fingerprint density at radius 2 is 1.96 bits per heavy atom. The number of ether oxygens (including phenoxy) is 1. The number of rotatable bonds is 3. The number of hydrogen-bond acceptors (Lipinski definition) is 3. The number of methoxy groups -OCH3 is 1. The molecule has 3 rings (SSSR count). The van der Waals surface area contributed by atoms with Crippen LogP contribution in [-0.4, -0.2) is 18.0 Å². The third-order valence-corrected chi connectivity index (χ3v) is 3.69. The number of aromatic nitrogens is 1. The van der Waals surface area contributed by atoms with Crippen LogP contribution in [0.15, 0.2) is 42.5 Å². The molecular formula is C18H15N3O2. The van der Waals surface area contributed by atoms with Crippen LogP contribution in [0.3, 0.4) is 0 Å². The Kier molecular flexibility index (Phi) is 3.73. The summed E-state index contributed by atoms with van der Waals surface area (Å²) in [5.41, 5.74) is 3.37. The van der Waals surface area contributed by atoms with E-state index in [-0.39, 0.29) is 5.91 Å². The van der Waals surface area contributed by atoms with Crippen molar-refractivity contribution >= 4 is 22.5 Å². The summed E-state index contributed by atoms with van der Waals surface area (Å²) >= 11 is 0. The van der Waals surface area contributed by atoms with Gasteiger partial charge in [0.1, 0.15) is 5.75 Å². The highest BCUT2D eigenvalue weighted by Gasteiger charge is 2.19. The van der Waals surface area contributed by atoms with Gasteiger partial charge < -0.3 is 15.0 Å². The monoisotopic (exact) mass is 305 g/mol. The van der Waals surface area contributed by atoms with Crippen molar-refractivity contribution in [1.29, 1.82) is 5.26 Å². The Labute approximate surface area is 133 Å². The van der Waals surface area contributed by atoms with E-state index in [9.17, 15) is 4.79 Å². The smallest absolute Gasteiger partial charge is 0.258 e. The van der Waals surface area contributed by atoms with Gasteiger partial charge in [-0.1, -0.05) is 6.07 Å². The van der Waals surface area contributed by atoms with Gasteiger partial charge in [-0.15, -0.1) is 0 Å². The number of aromatic amines is 1. The Morgan fingerprint density at radius 3 is 2.61 bits per heavy atom. The van der Waals surface area contributed by atoms with Crippen LogP contribution in [0.2, 0.25) is 0 Å². The summed E-state index contributed by atoms with van der Waals surface area (Å²) in [5.74, 6) is 0.430. The molecule has 2 aromatic carbocycles. The van der Waals surface area contributed by atoms with Crippen LogP contribution < -0.4 is 10.1 Å². The molecule has 5 nitrogen and oxygen atoms in total. The fraction of sp³-hybridized carbons (Fsp3) is 0.111. The predicted molar refractivity (Wildman–Crippen MR) is 88.7 cm³/mol. The number of carbonyl (C=O) groups is 1. The molecule has 2 N–H and O–H groups in total. The molecule has 0 fully saturated rings. The maximum Gasteiger partial charge on any atom is 0.258 e. The molecule has 0 aliphatic carbocycles. The zero-order valence-electron chi connectivity index (χ0n) is 12.8. The molecule has 114 valence electrons. The van der Waals surface area contributed by atoms with Gasteiger partial charge in [-0.2, -0.15) is 5.26 Å². The molecule has 1 aromatic heterocycles. The predicted octanol–water partition coefficient (Wildman–Crippen LogP) is 3.61. The van der Waals surface area contributed by atoms with Crippen LogP contribution >= 0.6 is 0 Å². The second-order valence-electron chi connectivity index (χ2n) is 5.15. The lowest BCUT2D eigenvalue weighted by Crippen LogP contribution is -2.13. The number of benzene rings is 2. The van der Waals surface area contributed by atoms with Crippen molar-refractivity contribution < 1.29 is 9.53 Å². The first-order chi connectivity index (χ1) is 11.1. The second-order valence-corrected chi connectivity index (χ2v) is 5.15. The molecule has 0 radical (unpaired) electrons. The Bertz CT molecular complexity index is 918. The largest absolute Gasteiger partial charge is 0.496 e. The van der Waals surface area contributed by atoms with Crippen molar-refractivity contribution in [2.75, 3.05) is 12.4 Å². The zero-order valence-corrected chi connectivity index (χ0v) is 12.8. The third kappa shape index (κ3) is 2.62. The number of anilines is 1. The first-order valence-electron chi connectivity index (χ1n) is 7.11. The molecule has 0 saturated heterocycles. The third-order valence-electron chi connectivity index (χ3n) is 3.69. The SMILES string of the molecule is COc1cccc2[nH]c(C)c(C(=O)Nc3ccc(C#N)cc3)c12. The van der Waals surface area contributed by atoms with Crippen molar-refractivity contribution in [3.8, 4) is 11.8 Å². The van der Waals surface area contributed by atoms with E-state index >= 15 is 0 Å². The van der Waals surface area contributed by atoms with Crippen molar-refractivity contribution in [2.45, 2.75) is 6.92 Å². The average molecular weight is 305 g/mol. The molecule has 0 atom stereocenters. The number of fused-ring (bicyclic) bond motifs is 1. The van der Waals surface area contributed by atoms with Crippen LogP contribution in [-0.2, 0) is 0 Å². The summed E-state index contributed by atoms with van der Waals surface area (Å²) in [4.78, 5) is 15.9. The van der Waals surface area contributed by atoms with E-state index in [1.165, 1.54) is 0 Å². The second kappa shape index (κ2) is 5.85. The standard InChI is InChI=1S/C18H15N3O2/c1-11-16(17-14(20-11)4-3-5-15(17)23-2)18(22)21-13-8-6-12(10-19)7-9-13/h3-9,20H,1-2H3,(H,21,22). The van der Waals surface area contributed by atoms with Crippen LogP contribution in [0, 0.1) is 18.3 Å². The van der Waals surface area contributed by atoms with E-state index < -0.39 is 0 Å². The summed E-state index contributed by atoms with van der Waals surface area (Å²) in [6.45, 7) is 1.85. The lowest BCUT2D eigenvalue weighted by molar-refractivity contribution is 0.102. The number of carbonyl (C=O) groups excluding carboxylic acids is 1. The molecule has 0 aliphatic heterocycles. The first kappa shape index (κ1) is 14.7. The van der Waals surface area contributed by atoms with E-state index in [0.717, 1.165) is 16.6 Å². The molecule has 3 aromatic rings. The van der Waals surface area contributed by atoms with Gasteiger partial charge >= 0.3 is 0 Å². The van der Waals surface area contributed by atoms with Gasteiger partial charge in [-0.25, -0.2) is 0 Å². The molecule has 0 aliphatic rings. The quantitative estimate of drug-likeness (QED) is 0.776. The molecule has 1 amide bonds. The number of H-pyrrole nitrogens is 1. The summed E-state index contributed by atoms with van der Waals surface area (Å²) in [7, 11) is 1.58. The highest BCUT2D eigenvalue weighted by atomic mass is 16.5. The maximum absolute atomic E-state index is 12.7. The Hall–Kier alpha value is -3.26. The lowest BCUT2D eigenvalue weighted by atomic mass is 10.1. The van der Waals surface area contributed by atoms with Crippen LogP contribution in [0.5, 0.6) is 5.75 Å². The fourth-order valence-electron chi connectivity index (χ4n) is 2.62. The highest BCUT2D eigenvalue weighted by molar-refractivity contribution is 6.15. The van der Waals surface area contributed by atoms with Crippen LogP contribution in [0.25, 0.3) is 10.9 Å². The number of nitrogens with zero attached hydrogens (tertiary/aromatic N) is 1. The molecule has 23 heavy (non-hydrogen) atoms. The van der Waals surface area contributed by atoms with Gasteiger partial charge in [-0.3, -0.25) is 4.79 Å². The zero-order chi connectivity index (χ0) is 16.4. The van der Waals surface area contributed by atoms with Gasteiger partial charge in [0.05, 0.1) is 35.2 Å². The molecule has 5 heteroatoms. The van der Waals surface area contributed by atoms with E-state index in [4.69, 9.17) is 10.00 Å². The van der Waals surface area contributed by atoms with E-state index in [1.54, 1.807) is 31.4 Å². The minimum absolute atomic E-state index is 0.219. The topological polar surface area (TPSA) is 77.9 Å². The van der Waals surface area contributed by atoms with Crippen molar-refractivity contribution in [3.63, 3.8) is 0 Å². The number of aryl methyl sites for hydroxylation is 1. The Balaban J connectivity index is 2.00. The molecule has 0 unspecified atom stereocenters. The van der Waals surface area contributed by atoms with E-state index in [1.807, 2.05) is 31.2 Å². The summed E-state index contributed by atoms with van der Waals surface area (Å²) in [5, 5.41) is 12.4. The van der Waals surface area contributed by atoms with Gasteiger partial charge in [0.25, 0.3) is 5.91 Å². The highest BCUT2D eigenvalue weighted by Crippen LogP contribution is 2.31. The normalized spacial score (nSPS) is 10.3. The molecule has 0 bridgehead atoms. The van der Waals surface area contributed by atoms with Crippen LogP contribution in [0.1, 0.15) is 21.6 Å².